The Bertz CT molecular complexity index is 389. The number of nitrogens with zero attached hydrogens (tertiary/aromatic N) is 2. The van der Waals surface area contributed by atoms with Crippen LogP contribution in [0.25, 0.3) is 0 Å². The Hall–Kier alpha value is -1.14. The summed E-state index contributed by atoms with van der Waals surface area (Å²) in [4.78, 5) is 20.3. The maximum absolute atomic E-state index is 12.1. The molecule has 106 valence electrons. The molecule has 0 bridgehead atoms. The fourth-order valence-electron chi connectivity index (χ4n) is 1.44. The average molecular weight is 283 g/mol. The second-order valence-electron chi connectivity index (χ2n) is 4.30. The number of esters is 1. The highest BCUT2D eigenvalue weighted by Crippen LogP contribution is 2.20. The fraction of sp³-hybridized carbons (Fsp3) is 0.615. The van der Waals surface area contributed by atoms with Gasteiger partial charge in [0.25, 0.3) is 0 Å². The molecule has 0 saturated heterocycles. The van der Waals surface area contributed by atoms with Gasteiger partial charge < -0.3 is 10.1 Å². The van der Waals surface area contributed by atoms with E-state index in [1.54, 1.807) is 18.5 Å². The van der Waals surface area contributed by atoms with Crippen LogP contribution < -0.4 is 5.32 Å². The summed E-state index contributed by atoms with van der Waals surface area (Å²) in [5.41, 5.74) is -0.712. The molecule has 1 unspecified atom stereocenters. The predicted octanol–water partition coefficient (Wildman–Crippen LogP) is 1.89. The van der Waals surface area contributed by atoms with E-state index in [0.29, 0.717) is 17.5 Å². The van der Waals surface area contributed by atoms with Gasteiger partial charge in [-0.2, -0.15) is 0 Å². The molecular formula is C13H21N3O2S. The summed E-state index contributed by atoms with van der Waals surface area (Å²) in [6.07, 6.45) is 4.34. The zero-order valence-corrected chi connectivity index (χ0v) is 12.5. The molecule has 1 N–H and O–H groups in total. The van der Waals surface area contributed by atoms with Crippen molar-refractivity contribution in [3.8, 4) is 0 Å². The number of hydrogen-bond donors (Lipinski definition) is 1. The van der Waals surface area contributed by atoms with E-state index >= 15 is 0 Å². The number of aromatic nitrogens is 2. The summed E-state index contributed by atoms with van der Waals surface area (Å²) >= 11 is 1.45. The summed E-state index contributed by atoms with van der Waals surface area (Å²) in [6.45, 7) is 6.88. The SMILES string of the molecule is CCCNC(C)(CSc1ncccn1)C(=O)OCC. The zero-order valence-electron chi connectivity index (χ0n) is 11.7. The van der Waals surface area contributed by atoms with Crippen LogP contribution in [0.2, 0.25) is 0 Å². The number of rotatable bonds is 8. The number of carbonyl (C=O) groups excluding carboxylic acids is 1. The van der Waals surface area contributed by atoms with Crippen molar-refractivity contribution in [1.82, 2.24) is 15.3 Å². The van der Waals surface area contributed by atoms with Gasteiger partial charge in [-0.25, -0.2) is 9.97 Å². The highest BCUT2D eigenvalue weighted by Gasteiger charge is 2.34. The molecule has 0 aromatic carbocycles. The van der Waals surface area contributed by atoms with Gasteiger partial charge in [0.1, 0.15) is 5.54 Å². The molecule has 0 fully saturated rings. The van der Waals surface area contributed by atoms with E-state index in [1.807, 2.05) is 13.8 Å². The Kier molecular flexibility index (Phi) is 6.80. The number of carbonyl (C=O) groups is 1. The van der Waals surface area contributed by atoms with Crippen molar-refractivity contribution >= 4 is 17.7 Å². The van der Waals surface area contributed by atoms with Gasteiger partial charge in [0.2, 0.25) is 0 Å². The van der Waals surface area contributed by atoms with E-state index in [2.05, 4.69) is 22.2 Å². The minimum absolute atomic E-state index is 0.230. The van der Waals surface area contributed by atoms with Crippen LogP contribution in [0.15, 0.2) is 23.6 Å². The minimum atomic E-state index is -0.712. The van der Waals surface area contributed by atoms with Crippen molar-refractivity contribution in [2.45, 2.75) is 37.9 Å². The third-order valence-corrected chi connectivity index (χ3v) is 3.71. The van der Waals surface area contributed by atoms with Crippen molar-refractivity contribution in [3.63, 3.8) is 0 Å². The second kappa shape index (κ2) is 8.12. The first-order valence-corrected chi connectivity index (χ1v) is 7.43. The molecule has 5 nitrogen and oxygen atoms in total. The molecule has 0 saturated carbocycles. The van der Waals surface area contributed by atoms with Gasteiger partial charge in [-0.05, 0) is 32.9 Å². The average Bonchev–Trinajstić information content (AvgIpc) is 2.44. The lowest BCUT2D eigenvalue weighted by Gasteiger charge is -2.27. The van der Waals surface area contributed by atoms with Crippen molar-refractivity contribution in [2.75, 3.05) is 18.9 Å². The molecule has 0 aliphatic rings. The van der Waals surface area contributed by atoms with E-state index in [0.717, 1.165) is 13.0 Å². The van der Waals surface area contributed by atoms with E-state index in [-0.39, 0.29) is 5.97 Å². The van der Waals surface area contributed by atoms with Crippen LogP contribution in [0.3, 0.4) is 0 Å². The standard InChI is InChI=1S/C13H21N3O2S/c1-4-7-16-13(3,11(17)18-5-2)10-19-12-14-8-6-9-15-12/h6,8-9,16H,4-5,7,10H2,1-3H3. The van der Waals surface area contributed by atoms with Crippen molar-refractivity contribution in [3.05, 3.63) is 18.5 Å². The van der Waals surface area contributed by atoms with Crippen LogP contribution in [0, 0.1) is 0 Å². The Morgan fingerprint density at radius 1 is 1.42 bits per heavy atom. The molecule has 1 aromatic heterocycles. The van der Waals surface area contributed by atoms with Crippen LogP contribution in [-0.2, 0) is 9.53 Å². The molecule has 0 spiro atoms. The molecule has 0 amide bonds. The van der Waals surface area contributed by atoms with E-state index < -0.39 is 5.54 Å². The third kappa shape index (κ3) is 5.16. The van der Waals surface area contributed by atoms with Crippen molar-refractivity contribution in [1.29, 1.82) is 0 Å². The lowest BCUT2D eigenvalue weighted by molar-refractivity contribution is -0.149. The summed E-state index contributed by atoms with van der Waals surface area (Å²) in [7, 11) is 0. The van der Waals surface area contributed by atoms with E-state index in [1.165, 1.54) is 11.8 Å². The van der Waals surface area contributed by atoms with Crippen LogP contribution >= 0.6 is 11.8 Å². The monoisotopic (exact) mass is 283 g/mol. The lowest BCUT2D eigenvalue weighted by Crippen LogP contribution is -2.52. The van der Waals surface area contributed by atoms with Crippen LogP contribution in [0.1, 0.15) is 27.2 Å². The zero-order chi connectivity index (χ0) is 14.1. The van der Waals surface area contributed by atoms with Gasteiger partial charge in [-0.1, -0.05) is 18.7 Å². The van der Waals surface area contributed by atoms with Gasteiger partial charge in [0, 0.05) is 18.1 Å². The summed E-state index contributed by atoms with van der Waals surface area (Å²) in [5.74, 6) is 0.308. The highest BCUT2D eigenvalue weighted by molar-refractivity contribution is 7.99. The largest absolute Gasteiger partial charge is 0.465 e. The Morgan fingerprint density at radius 3 is 2.68 bits per heavy atom. The topological polar surface area (TPSA) is 64.1 Å². The number of ether oxygens (including phenoxy) is 1. The van der Waals surface area contributed by atoms with Gasteiger partial charge >= 0.3 is 5.97 Å². The summed E-state index contributed by atoms with van der Waals surface area (Å²) < 4.78 is 5.14. The third-order valence-electron chi connectivity index (χ3n) is 2.52. The second-order valence-corrected chi connectivity index (χ2v) is 5.24. The number of thioether (sulfide) groups is 1. The molecule has 6 heteroatoms. The smallest absolute Gasteiger partial charge is 0.326 e. The molecule has 0 radical (unpaired) electrons. The molecule has 1 atom stereocenters. The Balaban J connectivity index is 2.65. The highest BCUT2D eigenvalue weighted by atomic mass is 32.2. The molecule has 19 heavy (non-hydrogen) atoms. The maximum Gasteiger partial charge on any atom is 0.326 e. The molecule has 1 heterocycles. The first kappa shape index (κ1) is 15.9. The lowest BCUT2D eigenvalue weighted by atomic mass is 10.1. The van der Waals surface area contributed by atoms with Gasteiger partial charge in [-0.3, -0.25) is 4.79 Å². The van der Waals surface area contributed by atoms with Gasteiger partial charge in [-0.15, -0.1) is 0 Å². The number of nitrogens with one attached hydrogen (secondary N) is 1. The molecule has 1 rings (SSSR count). The van der Waals surface area contributed by atoms with Crippen LogP contribution in [-0.4, -0.2) is 40.4 Å². The molecule has 0 aliphatic heterocycles. The normalized spacial score (nSPS) is 13.8. The van der Waals surface area contributed by atoms with Crippen molar-refractivity contribution in [2.24, 2.45) is 0 Å². The minimum Gasteiger partial charge on any atom is -0.465 e. The van der Waals surface area contributed by atoms with Crippen molar-refractivity contribution < 1.29 is 9.53 Å². The van der Waals surface area contributed by atoms with Crippen LogP contribution in [0.4, 0.5) is 0 Å². The fourth-order valence-corrected chi connectivity index (χ4v) is 2.35. The molecular weight excluding hydrogens is 262 g/mol. The van der Waals surface area contributed by atoms with Gasteiger partial charge in [0.05, 0.1) is 6.61 Å². The summed E-state index contributed by atoms with van der Waals surface area (Å²) in [6, 6.07) is 1.77. The first-order chi connectivity index (χ1) is 9.12. The predicted molar refractivity (Wildman–Crippen MR) is 76.1 cm³/mol. The summed E-state index contributed by atoms with van der Waals surface area (Å²) in [5, 5.41) is 3.91. The number of hydrogen-bond acceptors (Lipinski definition) is 6. The van der Waals surface area contributed by atoms with E-state index in [9.17, 15) is 4.79 Å². The maximum atomic E-state index is 12.1. The Labute approximate surface area is 118 Å². The van der Waals surface area contributed by atoms with E-state index in [4.69, 9.17) is 4.74 Å². The van der Waals surface area contributed by atoms with Crippen LogP contribution in [0.5, 0.6) is 0 Å². The Morgan fingerprint density at radius 2 is 2.11 bits per heavy atom. The molecule has 0 aliphatic carbocycles. The van der Waals surface area contributed by atoms with Gasteiger partial charge in [0.15, 0.2) is 5.16 Å². The quantitative estimate of drug-likeness (QED) is 0.446. The first-order valence-electron chi connectivity index (χ1n) is 6.44. The molecule has 1 aromatic rings.